The summed E-state index contributed by atoms with van der Waals surface area (Å²) in [6.45, 7) is 0.0427. The molecule has 1 fully saturated rings. The zero-order chi connectivity index (χ0) is 17.4. The van der Waals surface area contributed by atoms with Crippen LogP contribution in [0, 0.1) is 0 Å². The van der Waals surface area contributed by atoms with Gasteiger partial charge in [0.05, 0.1) is 12.8 Å². The number of esters is 1. The van der Waals surface area contributed by atoms with Gasteiger partial charge in [-0.3, -0.25) is 14.4 Å². The third-order valence-electron chi connectivity index (χ3n) is 3.74. The maximum Gasteiger partial charge on any atom is 0.326 e. The number of hydrogen-bond acceptors (Lipinski definition) is 5. The molecule has 1 N–H and O–H groups in total. The first kappa shape index (κ1) is 17.8. The van der Waals surface area contributed by atoms with Gasteiger partial charge in [0, 0.05) is 13.0 Å². The van der Waals surface area contributed by atoms with Crippen LogP contribution in [0.15, 0.2) is 24.3 Å². The van der Waals surface area contributed by atoms with E-state index < -0.39 is 18.5 Å². The van der Waals surface area contributed by atoms with Crippen molar-refractivity contribution in [2.24, 2.45) is 0 Å². The number of anilines is 1. The van der Waals surface area contributed by atoms with Crippen LogP contribution in [0.25, 0.3) is 0 Å². The van der Waals surface area contributed by atoms with E-state index in [0.717, 1.165) is 19.3 Å². The molecule has 0 atom stereocenters. The molecule has 2 rings (SSSR count). The zero-order valence-electron chi connectivity index (χ0n) is 13.7. The fourth-order valence-electron chi connectivity index (χ4n) is 2.49. The Hall–Kier alpha value is -2.57. The largest absolute Gasteiger partial charge is 0.495 e. The minimum atomic E-state index is -0.583. The Labute approximate surface area is 140 Å². The fraction of sp³-hybridized carbons (Fsp3) is 0.471. The molecule has 1 aliphatic heterocycles. The summed E-state index contributed by atoms with van der Waals surface area (Å²) in [5, 5.41) is 2.62. The van der Waals surface area contributed by atoms with Gasteiger partial charge in [0.25, 0.3) is 5.91 Å². The summed E-state index contributed by atoms with van der Waals surface area (Å²) in [5.74, 6) is -0.564. The van der Waals surface area contributed by atoms with Crippen molar-refractivity contribution in [2.75, 3.05) is 32.1 Å². The van der Waals surface area contributed by atoms with Crippen LogP contribution in [0.4, 0.5) is 5.69 Å². The van der Waals surface area contributed by atoms with Crippen molar-refractivity contribution >= 4 is 23.5 Å². The van der Waals surface area contributed by atoms with Crippen molar-refractivity contribution in [3.63, 3.8) is 0 Å². The highest BCUT2D eigenvalue weighted by molar-refractivity contribution is 5.94. The Morgan fingerprint density at radius 3 is 2.79 bits per heavy atom. The van der Waals surface area contributed by atoms with Crippen LogP contribution in [0.3, 0.4) is 0 Å². The van der Waals surface area contributed by atoms with Crippen LogP contribution in [0.1, 0.15) is 25.7 Å². The number of likely N-dealkylation sites (tertiary alicyclic amines) is 1. The first-order valence-electron chi connectivity index (χ1n) is 7.96. The van der Waals surface area contributed by atoms with Crippen LogP contribution in [-0.4, -0.2) is 49.5 Å². The van der Waals surface area contributed by atoms with Gasteiger partial charge in [-0.25, -0.2) is 0 Å². The molecule has 0 radical (unpaired) electrons. The van der Waals surface area contributed by atoms with E-state index in [0.29, 0.717) is 24.4 Å². The summed E-state index contributed by atoms with van der Waals surface area (Å²) in [6, 6.07) is 6.95. The van der Waals surface area contributed by atoms with Crippen LogP contribution in [-0.2, 0) is 19.1 Å². The lowest BCUT2D eigenvalue weighted by molar-refractivity contribution is -0.151. The van der Waals surface area contributed by atoms with Gasteiger partial charge in [-0.2, -0.15) is 0 Å². The summed E-state index contributed by atoms with van der Waals surface area (Å²) in [5.41, 5.74) is 0.503. The third-order valence-corrected chi connectivity index (χ3v) is 3.74. The van der Waals surface area contributed by atoms with Crippen LogP contribution in [0.2, 0.25) is 0 Å². The van der Waals surface area contributed by atoms with Crippen LogP contribution >= 0.6 is 0 Å². The summed E-state index contributed by atoms with van der Waals surface area (Å²) in [7, 11) is 1.50. The van der Waals surface area contributed by atoms with Crippen molar-refractivity contribution in [2.45, 2.75) is 25.7 Å². The van der Waals surface area contributed by atoms with Gasteiger partial charge in [-0.15, -0.1) is 0 Å². The fourth-order valence-corrected chi connectivity index (χ4v) is 2.49. The van der Waals surface area contributed by atoms with Crippen molar-refractivity contribution in [1.82, 2.24) is 4.90 Å². The lowest BCUT2D eigenvalue weighted by atomic mass is 10.2. The molecular weight excluding hydrogens is 312 g/mol. The van der Waals surface area contributed by atoms with E-state index in [1.165, 1.54) is 12.0 Å². The summed E-state index contributed by atoms with van der Waals surface area (Å²) < 4.78 is 10.1. The summed E-state index contributed by atoms with van der Waals surface area (Å²) in [6.07, 6.45) is 3.18. The highest BCUT2D eigenvalue weighted by Gasteiger charge is 2.20. The van der Waals surface area contributed by atoms with E-state index >= 15 is 0 Å². The van der Waals surface area contributed by atoms with Gasteiger partial charge in [-0.1, -0.05) is 18.6 Å². The molecule has 0 spiro atoms. The van der Waals surface area contributed by atoms with E-state index in [1.54, 1.807) is 24.3 Å². The second-order valence-electron chi connectivity index (χ2n) is 5.54. The average molecular weight is 334 g/mol. The number of hydrogen-bond donors (Lipinski definition) is 1. The normalized spacial score (nSPS) is 14.7. The first-order chi connectivity index (χ1) is 11.6. The SMILES string of the molecule is COc1ccccc1NC(=O)COC(=O)CN1CCCCCC1=O. The van der Waals surface area contributed by atoms with Gasteiger partial charge in [-0.05, 0) is 25.0 Å². The topological polar surface area (TPSA) is 84.9 Å². The average Bonchev–Trinajstić information content (AvgIpc) is 2.78. The molecule has 0 unspecified atom stereocenters. The van der Waals surface area contributed by atoms with Gasteiger partial charge in [0.2, 0.25) is 5.91 Å². The standard InChI is InChI=1S/C17H22N2O5/c1-23-14-8-5-4-7-13(14)18-15(20)12-24-17(22)11-19-10-6-2-3-9-16(19)21/h4-5,7-8H,2-3,6,9-12H2,1H3,(H,18,20). The summed E-state index contributed by atoms with van der Waals surface area (Å²) in [4.78, 5) is 37.0. The minimum Gasteiger partial charge on any atom is -0.495 e. The van der Waals surface area contributed by atoms with E-state index in [1.807, 2.05) is 0 Å². The first-order valence-corrected chi connectivity index (χ1v) is 7.96. The molecule has 0 aromatic heterocycles. The number of rotatable bonds is 6. The monoisotopic (exact) mass is 334 g/mol. The number of amides is 2. The molecule has 1 aromatic carbocycles. The zero-order valence-corrected chi connectivity index (χ0v) is 13.7. The Balaban J connectivity index is 1.78. The smallest absolute Gasteiger partial charge is 0.326 e. The van der Waals surface area contributed by atoms with Crippen molar-refractivity contribution in [3.8, 4) is 5.75 Å². The Bertz CT molecular complexity index is 602. The molecule has 1 saturated heterocycles. The Kier molecular flexibility index (Phi) is 6.60. The quantitative estimate of drug-likeness (QED) is 0.799. The second-order valence-corrected chi connectivity index (χ2v) is 5.54. The van der Waals surface area contributed by atoms with E-state index in [-0.39, 0.29) is 12.5 Å². The molecule has 0 bridgehead atoms. The third kappa shape index (κ3) is 5.26. The van der Waals surface area contributed by atoms with E-state index in [2.05, 4.69) is 5.32 Å². The van der Waals surface area contributed by atoms with E-state index in [4.69, 9.17) is 9.47 Å². The van der Waals surface area contributed by atoms with Gasteiger partial charge in [0.15, 0.2) is 6.61 Å². The number of nitrogens with zero attached hydrogens (tertiary/aromatic N) is 1. The van der Waals surface area contributed by atoms with Gasteiger partial charge in [0.1, 0.15) is 12.3 Å². The molecule has 1 aromatic rings. The maximum atomic E-state index is 11.9. The lowest BCUT2D eigenvalue weighted by Crippen LogP contribution is -2.36. The van der Waals surface area contributed by atoms with Crippen LogP contribution in [0.5, 0.6) is 5.75 Å². The van der Waals surface area contributed by atoms with Crippen molar-refractivity contribution in [3.05, 3.63) is 24.3 Å². The molecule has 1 aliphatic rings. The molecule has 2 amide bonds. The molecule has 24 heavy (non-hydrogen) atoms. The minimum absolute atomic E-state index is 0.0390. The number of carbonyl (C=O) groups excluding carboxylic acids is 3. The molecule has 7 nitrogen and oxygen atoms in total. The van der Waals surface area contributed by atoms with Crippen molar-refractivity contribution in [1.29, 1.82) is 0 Å². The molecule has 1 heterocycles. The predicted octanol–water partition coefficient (Wildman–Crippen LogP) is 1.58. The molecule has 130 valence electrons. The number of para-hydroxylation sites is 2. The Morgan fingerprint density at radius 1 is 1.21 bits per heavy atom. The number of ether oxygens (including phenoxy) is 2. The highest BCUT2D eigenvalue weighted by Crippen LogP contribution is 2.22. The predicted molar refractivity (Wildman–Crippen MR) is 87.6 cm³/mol. The lowest BCUT2D eigenvalue weighted by Gasteiger charge is -2.19. The van der Waals surface area contributed by atoms with E-state index in [9.17, 15) is 14.4 Å². The second kappa shape index (κ2) is 8.90. The van der Waals surface area contributed by atoms with Gasteiger partial charge >= 0.3 is 5.97 Å². The highest BCUT2D eigenvalue weighted by atomic mass is 16.5. The number of nitrogens with one attached hydrogen (secondary N) is 1. The molecular formula is C17H22N2O5. The Morgan fingerprint density at radius 2 is 2.00 bits per heavy atom. The van der Waals surface area contributed by atoms with Gasteiger partial charge < -0.3 is 19.7 Å². The molecule has 0 saturated carbocycles. The van der Waals surface area contributed by atoms with Crippen molar-refractivity contribution < 1.29 is 23.9 Å². The molecule has 0 aliphatic carbocycles. The molecule has 7 heteroatoms. The summed E-state index contributed by atoms with van der Waals surface area (Å²) >= 11 is 0. The number of methoxy groups -OCH3 is 1. The maximum absolute atomic E-state index is 11.9. The number of benzene rings is 1. The van der Waals surface area contributed by atoms with Crippen LogP contribution < -0.4 is 10.1 Å². The number of carbonyl (C=O) groups is 3.